The summed E-state index contributed by atoms with van der Waals surface area (Å²) in [5, 5.41) is 8.80. The van der Waals surface area contributed by atoms with Crippen molar-refractivity contribution < 1.29 is 18.7 Å². The molecule has 0 spiro atoms. The van der Waals surface area contributed by atoms with Crippen molar-refractivity contribution in [2.45, 2.75) is 13.3 Å². The maximum absolute atomic E-state index is 13.3. The SMILES string of the molecule is CCOC(=O)Cc1c(C=O)ccc(F)c1C#N. The highest BCUT2D eigenvalue weighted by Crippen LogP contribution is 2.17. The van der Waals surface area contributed by atoms with Gasteiger partial charge >= 0.3 is 5.97 Å². The Hall–Kier alpha value is -2.22. The number of hydrogen-bond acceptors (Lipinski definition) is 4. The average Bonchev–Trinajstić information content (AvgIpc) is 2.30. The number of esters is 1. The molecular weight excluding hydrogens is 225 g/mol. The molecule has 0 saturated heterocycles. The van der Waals surface area contributed by atoms with Crippen LogP contribution in [0.25, 0.3) is 0 Å². The van der Waals surface area contributed by atoms with Crippen molar-refractivity contribution >= 4 is 12.3 Å². The van der Waals surface area contributed by atoms with Gasteiger partial charge in [0.15, 0.2) is 0 Å². The van der Waals surface area contributed by atoms with Crippen LogP contribution in [0.5, 0.6) is 0 Å². The number of aldehydes is 1. The van der Waals surface area contributed by atoms with Crippen LogP contribution in [0.2, 0.25) is 0 Å². The maximum Gasteiger partial charge on any atom is 0.310 e. The Balaban J connectivity index is 3.19. The average molecular weight is 235 g/mol. The lowest BCUT2D eigenvalue weighted by Gasteiger charge is -2.07. The summed E-state index contributed by atoms with van der Waals surface area (Å²) in [5.74, 6) is -1.35. The molecule has 0 aromatic heterocycles. The molecule has 88 valence electrons. The summed E-state index contributed by atoms with van der Waals surface area (Å²) < 4.78 is 18.0. The van der Waals surface area contributed by atoms with Gasteiger partial charge in [-0.25, -0.2) is 4.39 Å². The molecule has 0 aliphatic carbocycles. The Morgan fingerprint density at radius 2 is 2.29 bits per heavy atom. The molecule has 0 radical (unpaired) electrons. The van der Waals surface area contributed by atoms with Crippen LogP contribution in [-0.4, -0.2) is 18.9 Å². The molecule has 0 atom stereocenters. The van der Waals surface area contributed by atoms with Gasteiger partial charge in [0.05, 0.1) is 18.6 Å². The molecule has 1 aromatic rings. The summed E-state index contributed by atoms with van der Waals surface area (Å²) in [6.07, 6.45) is 0.192. The molecule has 0 heterocycles. The number of rotatable bonds is 4. The molecule has 0 unspecified atom stereocenters. The topological polar surface area (TPSA) is 67.2 Å². The number of carbonyl (C=O) groups excluding carboxylic acids is 2. The molecule has 1 aromatic carbocycles. The van der Waals surface area contributed by atoms with Crippen molar-refractivity contribution in [2.24, 2.45) is 0 Å². The second kappa shape index (κ2) is 5.75. The minimum absolute atomic E-state index is 0.0703. The van der Waals surface area contributed by atoms with Crippen molar-refractivity contribution in [3.05, 3.63) is 34.6 Å². The van der Waals surface area contributed by atoms with Gasteiger partial charge in [-0.2, -0.15) is 5.26 Å². The Kier molecular flexibility index (Phi) is 4.35. The summed E-state index contributed by atoms with van der Waals surface area (Å²) in [6.45, 7) is 1.82. The minimum Gasteiger partial charge on any atom is -0.466 e. The van der Waals surface area contributed by atoms with E-state index in [1.165, 1.54) is 6.07 Å². The second-order valence-corrected chi connectivity index (χ2v) is 3.20. The van der Waals surface area contributed by atoms with Gasteiger partial charge in [0.1, 0.15) is 18.2 Å². The zero-order chi connectivity index (χ0) is 12.8. The molecule has 17 heavy (non-hydrogen) atoms. The second-order valence-electron chi connectivity index (χ2n) is 3.20. The van der Waals surface area contributed by atoms with Crippen LogP contribution in [0.4, 0.5) is 4.39 Å². The van der Waals surface area contributed by atoms with E-state index in [9.17, 15) is 14.0 Å². The monoisotopic (exact) mass is 235 g/mol. The van der Waals surface area contributed by atoms with Crippen molar-refractivity contribution in [3.8, 4) is 6.07 Å². The Morgan fingerprint density at radius 1 is 1.59 bits per heavy atom. The number of nitriles is 1. The first-order valence-electron chi connectivity index (χ1n) is 4.96. The first-order chi connectivity index (χ1) is 8.13. The summed E-state index contributed by atoms with van der Waals surface area (Å²) in [6, 6.07) is 3.90. The van der Waals surface area contributed by atoms with Crippen molar-refractivity contribution in [3.63, 3.8) is 0 Å². The normalized spacial score (nSPS) is 9.47. The molecule has 0 bridgehead atoms. The number of benzene rings is 1. The van der Waals surface area contributed by atoms with Gasteiger partial charge in [0.2, 0.25) is 0 Å². The molecule has 0 fully saturated rings. The fourth-order valence-corrected chi connectivity index (χ4v) is 1.41. The van der Waals surface area contributed by atoms with E-state index < -0.39 is 11.8 Å². The van der Waals surface area contributed by atoms with Crippen LogP contribution in [0.15, 0.2) is 12.1 Å². The van der Waals surface area contributed by atoms with Crippen molar-refractivity contribution in [2.75, 3.05) is 6.61 Å². The van der Waals surface area contributed by atoms with E-state index in [-0.39, 0.29) is 29.7 Å². The van der Waals surface area contributed by atoms with Gasteiger partial charge in [-0.05, 0) is 24.6 Å². The molecule has 1 rings (SSSR count). The minimum atomic E-state index is -0.752. The molecular formula is C12H10FNO3. The number of nitrogens with zero attached hydrogens (tertiary/aromatic N) is 1. The number of ether oxygens (including phenoxy) is 1. The van der Waals surface area contributed by atoms with Gasteiger partial charge in [0.25, 0.3) is 0 Å². The van der Waals surface area contributed by atoms with E-state index in [1.807, 2.05) is 0 Å². The summed E-state index contributed by atoms with van der Waals surface area (Å²) in [7, 11) is 0. The molecule has 0 N–H and O–H groups in total. The molecule has 5 heteroatoms. The summed E-state index contributed by atoms with van der Waals surface area (Å²) in [5.41, 5.74) is -0.0976. The van der Waals surface area contributed by atoms with E-state index in [0.717, 1.165) is 6.07 Å². The van der Waals surface area contributed by atoms with Crippen LogP contribution in [0.1, 0.15) is 28.4 Å². The van der Waals surface area contributed by atoms with E-state index >= 15 is 0 Å². The Labute approximate surface area is 97.6 Å². The van der Waals surface area contributed by atoms with Gasteiger partial charge in [-0.3, -0.25) is 9.59 Å². The quantitative estimate of drug-likeness (QED) is 0.587. The van der Waals surface area contributed by atoms with E-state index in [2.05, 4.69) is 0 Å². The van der Waals surface area contributed by atoms with Crippen molar-refractivity contribution in [1.82, 2.24) is 0 Å². The number of halogens is 1. The lowest BCUT2D eigenvalue weighted by molar-refractivity contribution is -0.142. The molecule has 0 aliphatic heterocycles. The standard InChI is InChI=1S/C12H10FNO3/c1-2-17-12(16)5-9-8(7-15)3-4-11(13)10(9)6-14/h3-4,7H,2,5H2,1H3. The predicted octanol–water partition coefficient (Wildman–Crippen LogP) is 1.62. The highest BCUT2D eigenvalue weighted by atomic mass is 19.1. The van der Waals surface area contributed by atoms with Crippen LogP contribution >= 0.6 is 0 Å². The largest absolute Gasteiger partial charge is 0.466 e. The number of hydrogen-bond donors (Lipinski definition) is 0. The lowest BCUT2D eigenvalue weighted by Crippen LogP contribution is -2.11. The molecule has 0 amide bonds. The fraction of sp³-hybridized carbons (Fsp3) is 0.250. The molecule has 0 aliphatic rings. The molecule has 4 nitrogen and oxygen atoms in total. The van der Waals surface area contributed by atoms with Crippen molar-refractivity contribution in [1.29, 1.82) is 5.26 Å². The van der Waals surface area contributed by atoms with Gasteiger partial charge in [-0.15, -0.1) is 0 Å². The van der Waals surface area contributed by atoms with E-state index in [0.29, 0.717) is 6.29 Å². The fourth-order valence-electron chi connectivity index (χ4n) is 1.41. The first kappa shape index (κ1) is 12.8. The van der Waals surface area contributed by atoms with Gasteiger partial charge in [-0.1, -0.05) is 0 Å². The third kappa shape index (κ3) is 2.88. The van der Waals surface area contributed by atoms with Crippen LogP contribution < -0.4 is 0 Å². The highest BCUT2D eigenvalue weighted by Gasteiger charge is 2.16. The Bertz CT molecular complexity index is 491. The Morgan fingerprint density at radius 3 is 2.82 bits per heavy atom. The lowest BCUT2D eigenvalue weighted by atomic mass is 9.99. The zero-order valence-electron chi connectivity index (χ0n) is 9.20. The summed E-state index contributed by atoms with van der Waals surface area (Å²) >= 11 is 0. The summed E-state index contributed by atoms with van der Waals surface area (Å²) in [4.78, 5) is 22.1. The number of carbonyl (C=O) groups is 2. The van der Waals surface area contributed by atoms with Gasteiger partial charge in [0, 0.05) is 5.56 Å². The maximum atomic E-state index is 13.3. The van der Waals surface area contributed by atoms with Crippen LogP contribution in [-0.2, 0) is 16.0 Å². The van der Waals surface area contributed by atoms with E-state index in [1.54, 1.807) is 13.0 Å². The predicted molar refractivity (Wildman–Crippen MR) is 56.8 cm³/mol. The zero-order valence-corrected chi connectivity index (χ0v) is 9.20. The third-order valence-electron chi connectivity index (χ3n) is 2.16. The van der Waals surface area contributed by atoms with Crippen LogP contribution in [0.3, 0.4) is 0 Å². The first-order valence-corrected chi connectivity index (χ1v) is 4.96. The third-order valence-corrected chi connectivity index (χ3v) is 2.16. The highest BCUT2D eigenvalue weighted by molar-refractivity contribution is 5.83. The van der Waals surface area contributed by atoms with Crippen LogP contribution in [0, 0.1) is 17.1 Å². The van der Waals surface area contributed by atoms with E-state index in [4.69, 9.17) is 10.00 Å². The smallest absolute Gasteiger partial charge is 0.310 e. The molecule has 0 saturated carbocycles. The van der Waals surface area contributed by atoms with Gasteiger partial charge < -0.3 is 4.74 Å².